The van der Waals surface area contributed by atoms with Gasteiger partial charge < -0.3 is 10.5 Å². The molecule has 0 atom stereocenters. The number of nitrogens with one attached hydrogen (secondary N) is 1. The third kappa shape index (κ3) is 5.30. The van der Waals surface area contributed by atoms with Crippen molar-refractivity contribution in [3.05, 3.63) is 24.3 Å². The fourth-order valence-electron chi connectivity index (χ4n) is 1.79. The topological polar surface area (TPSA) is 81.4 Å². The van der Waals surface area contributed by atoms with Gasteiger partial charge in [0.2, 0.25) is 10.0 Å². The third-order valence-electron chi connectivity index (χ3n) is 3.53. The van der Waals surface area contributed by atoms with Gasteiger partial charge in [-0.3, -0.25) is 0 Å². The lowest BCUT2D eigenvalue weighted by Gasteiger charge is -2.26. The SMILES string of the molecule is CCC(N)(CC)CNS(=O)(=O)c1ccc(OC(C)C)cc1. The summed E-state index contributed by atoms with van der Waals surface area (Å²) < 4.78 is 32.6. The van der Waals surface area contributed by atoms with Crippen molar-refractivity contribution in [1.82, 2.24) is 4.72 Å². The van der Waals surface area contributed by atoms with Gasteiger partial charge in [0.1, 0.15) is 5.75 Å². The molecule has 0 aliphatic heterocycles. The van der Waals surface area contributed by atoms with Crippen molar-refractivity contribution in [2.75, 3.05) is 6.54 Å². The van der Waals surface area contributed by atoms with Crippen LogP contribution in [0.3, 0.4) is 0 Å². The summed E-state index contributed by atoms with van der Waals surface area (Å²) in [5.41, 5.74) is 5.61. The highest BCUT2D eigenvalue weighted by atomic mass is 32.2. The Kier molecular flexibility index (Phi) is 6.19. The van der Waals surface area contributed by atoms with E-state index >= 15 is 0 Å². The van der Waals surface area contributed by atoms with Gasteiger partial charge in [-0.05, 0) is 51.0 Å². The molecule has 1 aromatic rings. The quantitative estimate of drug-likeness (QED) is 0.771. The second kappa shape index (κ2) is 7.24. The molecule has 0 radical (unpaired) electrons. The number of sulfonamides is 1. The van der Waals surface area contributed by atoms with Crippen LogP contribution in [0, 0.1) is 0 Å². The van der Waals surface area contributed by atoms with E-state index < -0.39 is 15.6 Å². The zero-order chi connectivity index (χ0) is 16.1. The number of ether oxygens (including phenoxy) is 1. The predicted octanol–water partition coefficient (Wildman–Crippen LogP) is 2.27. The molecule has 0 aliphatic rings. The Morgan fingerprint density at radius 1 is 1.19 bits per heavy atom. The van der Waals surface area contributed by atoms with E-state index in [-0.39, 0.29) is 17.5 Å². The van der Waals surface area contributed by atoms with E-state index in [2.05, 4.69) is 4.72 Å². The average molecular weight is 314 g/mol. The van der Waals surface area contributed by atoms with Gasteiger partial charge in [0.25, 0.3) is 0 Å². The van der Waals surface area contributed by atoms with Crippen LogP contribution in [0.2, 0.25) is 0 Å². The smallest absolute Gasteiger partial charge is 0.240 e. The van der Waals surface area contributed by atoms with E-state index in [1.807, 2.05) is 27.7 Å². The molecule has 5 nitrogen and oxygen atoms in total. The second-order valence-corrected chi connectivity index (χ2v) is 7.30. The highest BCUT2D eigenvalue weighted by molar-refractivity contribution is 7.89. The molecular weight excluding hydrogens is 288 g/mol. The molecule has 0 bridgehead atoms. The lowest BCUT2D eigenvalue weighted by Crippen LogP contribution is -2.49. The fraction of sp³-hybridized carbons (Fsp3) is 0.600. The zero-order valence-electron chi connectivity index (χ0n) is 13.2. The first-order chi connectivity index (χ1) is 9.72. The monoisotopic (exact) mass is 314 g/mol. The molecule has 1 aromatic carbocycles. The number of nitrogens with two attached hydrogens (primary N) is 1. The minimum atomic E-state index is -3.54. The maximum atomic E-state index is 12.2. The Hall–Kier alpha value is -1.11. The van der Waals surface area contributed by atoms with Gasteiger partial charge in [-0.15, -0.1) is 0 Å². The van der Waals surface area contributed by atoms with E-state index in [1.54, 1.807) is 12.1 Å². The largest absolute Gasteiger partial charge is 0.491 e. The molecular formula is C15H26N2O3S. The molecule has 0 aliphatic carbocycles. The zero-order valence-corrected chi connectivity index (χ0v) is 14.0. The van der Waals surface area contributed by atoms with E-state index in [9.17, 15) is 8.42 Å². The first-order valence-corrected chi connectivity index (χ1v) is 8.76. The first kappa shape index (κ1) is 17.9. The summed E-state index contributed by atoms with van der Waals surface area (Å²) in [4.78, 5) is 0.216. The summed E-state index contributed by atoms with van der Waals surface area (Å²) in [6.07, 6.45) is 1.48. The van der Waals surface area contributed by atoms with E-state index in [0.29, 0.717) is 18.6 Å². The minimum absolute atomic E-state index is 0.0533. The number of benzene rings is 1. The predicted molar refractivity (Wildman–Crippen MR) is 84.9 cm³/mol. The van der Waals surface area contributed by atoms with Crippen LogP contribution in [0.1, 0.15) is 40.5 Å². The molecule has 0 unspecified atom stereocenters. The van der Waals surface area contributed by atoms with Gasteiger partial charge in [-0.2, -0.15) is 0 Å². The Morgan fingerprint density at radius 3 is 2.14 bits per heavy atom. The summed E-state index contributed by atoms with van der Waals surface area (Å²) in [5.74, 6) is 0.652. The molecule has 0 fully saturated rings. The van der Waals surface area contributed by atoms with Crippen LogP contribution in [0.25, 0.3) is 0 Å². The highest BCUT2D eigenvalue weighted by Crippen LogP contribution is 2.18. The van der Waals surface area contributed by atoms with E-state index in [1.165, 1.54) is 12.1 Å². The molecule has 0 saturated carbocycles. The Balaban J connectivity index is 2.79. The molecule has 0 saturated heterocycles. The fourth-order valence-corrected chi connectivity index (χ4v) is 2.93. The van der Waals surface area contributed by atoms with Gasteiger partial charge in [0, 0.05) is 12.1 Å². The van der Waals surface area contributed by atoms with E-state index in [4.69, 9.17) is 10.5 Å². The van der Waals surface area contributed by atoms with Crippen molar-refractivity contribution in [2.45, 2.75) is 57.1 Å². The Labute approximate surface area is 127 Å². The van der Waals surface area contributed by atoms with Crippen LogP contribution in [0.15, 0.2) is 29.2 Å². The van der Waals surface area contributed by atoms with Crippen LogP contribution in [0.5, 0.6) is 5.75 Å². The van der Waals surface area contributed by atoms with Gasteiger partial charge in [0.05, 0.1) is 11.0 Å². The van der Waals surface area contributed by atoms with E-state index in [0.717, 1.165) is 0 Å². The van der Waals surface area contributed by atoms with Crippen LogP contribution in [0.4, 0.5) is 0 Å². The van der Waals surface area contributed by atoms with Crippen LogP contribution in [-0.4, -0.2) is 26.6 Å². The van der Waals surface area contributed by atoms with Gasteiger partial charge in [-0.1, -0.05) is 13.8 Å². The molecule has 1 rings (SSSR count). The van der Waals surface area contributed by atoms with Crippen LogP contribution in [-0.2, 0) is 10.0 Å². The molecule has 0 heterocycles. The van der Waals surface area contributed by atoms with Crippen molar-refractivity contribution >= 4 is 10.0 Å². The van der Waals surface area contributed by atoms with Crippen molar-refractivity contribution in [3.63, 3.8) is 0 Å². The van der Waals surface area contributed by atoms with Crippen molar-refractivity contribution < 1.29 is 13.2 Å². The summed E-state index contributed by atoms with van der Waals surface area (Å²) in [5, 5.41) is 0. The first-order valence-electron chi connectivity index (χ1n) is 7.27. The minimum Gasteiger partial charge on any atom is -0.491 e. The molecule has 0 aromatic heterocycles. The third-order valence-corrected chi connectivity index (χ3v) is 4.95. The van der Waals surface area contributed by atoms with Gasteiger partial charge in [-0.25, -0.2) is 13.1 Å². The normalized spacial score (nSPS) is 12.7. The Bertz CT molecular complexity index is 535. The molecule has 120 valence electrons. The van der Waals surface area contributed by atoms with Crippen LogP contribution < -0.4 is 15.2 Å². The number of hydrogen-bond acceptors (Lipinski definition) is 4. The Morgan fingerprint density at radius 2 is 1.71 bits per heavy atom. The second-order valence-electron chi connectivity index (χ2n) is 5.53. The summed E-state index contributed by atoms with van der Waals surface area (Å²) >= 11 is 0. The molecule has 0 amide bonds. The lowest BCUT2D eigenvalue weighted by atomic mass is 9.95. The molecule has 21 heavy (non-hydrogen) atoms. The summed E-state index contributed by atoms with van der Waals surface area (Å²) in [7, 11) is -3.54. The van der Waals surface area contributed by atoms with Gasteiger partial charge >= 0.3 is 0 Å². The number of rotatable bonds is 8. The maximum absolute atomic E-state index is 12.2. The lowest BCUT2D eigenvalue weighted by molar-refractivity contribution is 0.242. The molecule has 6 heteroatoms. The van der Waals surface area contributed by atoms with Gasteiger partial charge in [0.15, 0.2) is 0 Å². The standard InChI is InChI=1S/C15H26N2O3S/c1-5-15(16,6-2)11-17-21(18,19)14-9-7-13(8-10-14)20-12(3)4/h7-10,12,17H,5-6,11,16H2,1-4H3. The van der Waals surface area contributed by atoms with Crippen LogP contribution >= 0.6 is 0 Å². The maximum Gasteiger partial charge on any atom is 0.240 e. The number of hydrogen-bond donors (Lipinski definition) is 2. The summed E-state index contributed by atoms with van der Waals surface area (Å²) in [6.45, 7) is 7.98. The molecule has 0 spiro atoms. The van der Waals surface area contributed by atoms with Crippen molar-refractivity contribution in [3.8, 4) is 5.75 Å². The van der Waals surface area contributed by atoms with Crippen molar-refractivity contribution in [2.24, 2.45) is 5.73 Å². The van der Waals surface area contributed by atoms with Crippen molar-refractivity contribution in [1.29, 1.82) is 0 Å². The summed E-state index contributed by atoms with van der Waals surface area (Å²) in [6, 6.07) is 6.39. The molecule has 3 N–H and O–H groups in total. The average Bonchev–Trinajstić information content (AvgIpc) is 2.45. The highest BCUT2D eigenvalue weighted by Gasteiger charge is 2.24.